The summed E-state index contributed by atoms with van der Waals surface area (Å²) in [6.45, 7) is 0. The molecule has 0 spiro atoms. The lowest BCUT2D eigenvalue weighted by molar-refractivity contribution is -0.384. The van der Waals surface area contributed by atoms with Gasteiger partial charge in [0.2, 0.25) is 0 Å². The van der Waals surface area contributed by atoms with Gasteiger partial charge in [0.05, 0.1) is 4.92 Å². The van der Waals surface area contributed by atoms with Crippen LogP contribution in [0.5, 0.6) is 0 Å². The van der Waals surface area contributed by atoms with Gasteiger partial charge < -0.3 is 5.32 Å². The second kappa shape index (κ2) is 5.53. The smallest absolute Gasteiger partial charge is 0.269 e. The Morgan fingerprint density at radius 2 is 1.63 bits per heavy atom. The van der Waals surface area contributed by atoms with Gasteiger partial charge in [-0.3, -0.25) is 14.9 Å². The molecule has 2 aromatic rings. The topological polar surface area (TPSA) is 72.2 Å². The maximum Gasteiger partial charge on any atom is 0.269 e. The van der Waals surface area contributed by atoms with E-state index in [1.165, 1.54) is 24.3 Å². The number of nitrogens with zero attached hydrogens (tertiary/aromatic N) is 1. The Morgan fingerprint density at radius 3 is 2.16 bits per heavy atom. The van der Waals surface area contributed by atoms with Crippen molar-refractivity contribution in [2.75, 3.05) is 5.32 Å². The van der Waals surface area contributed by atoms with E-state index in [1.807, 2.05) is 0 Å². The van der Waals surface area contributed by atoms with Crippen LogP contribution >= 0.6 is 12.6 Å². The van der Waals surface area contributed by atoms with Gasteiger partial charge in [-0.2, -0.15) is 0 Å². The van der Waals surface area contributed by atoms with Crippen molar-refractivity contribution in [3.63, 3.8) is 0 Å². The first kappa shape index (κ1) is 13.1. The van der Waals surface area contributed by atoms with E-state index >= 15 is 0 Å². The normalized spacial score (nSPS) is 9.95. The van der Waals surface area contributed by atoms with Crippen LogP contribution < -0.4 is 5.32 Å². The summed E-state index contributed by atoms with van der Waals surface area (Å²) in [4.78, 5) is 22.7. The number of hydrogen-bond acceptors (Lipinski definition) is 4. The average Bonchev–Trinajstić information content (AvgIpc) is 2.40. The monoisotopic (exact) mass is 274 g/mol. The minimum Gasteiger partial charge on any atom is -0.322 e. The zero-order valence-electron chi connectivity index (χ0n) is 9.74. The predicted molar refractivity (Wildman–Crippen MR) is 74.7 cm³/mol. The van der Waals surface area contributed by atoms with Gasteiger partial charge in [0.1, 0.15) is 0 Å². The van der Waals surface area contributed by atoms with E-state index in [0.29, 0.717) is 11.3 Å². The summed E-state index contributed by atoms with van der Waals surface area (Å²) in [6, 6.07) is 12.4. The quantitative estimate of drug-likeness (QED) is 0.513. The fourth-order valence-corrected chi connectivity index (χ4v) is 1.63. The number of nitro groups is 1. The maximum atomic E-state index is 11.9. The van der Waals surface area contributed by atoms with Crippen LogP contribution in [-0.2, 0) is 0 Å². The highest BCUT2D eigenvalue weighted by Gasteiger charge is 2.08. The minimum atomic E-state index is -0.489. The Kier molecular flexibility index (Phi) is 3.82. The first-order valence-corrected chi connectivity index (χ1v) is 5.86. The largest absolute Gasteiger partial charge is 0.322 e. The lowest BCUT2D eigenvalue weighted by Gasteiger charge is -2.05. The number of anilines is 1. The number of benzene rings is 2. The van der Waals surface area contributed by atoms with Gasteiger partial charge >= 0.3 is 0 Å². The van der Waals surface area contributed by atoms with Crippen molar-refractivity contribution >= 4 is 29.9 Å². The van der Waals surface area contributed by atoms with E-state index in [0.717, 1.165) is 4.90 Å². The third kappa shape index (κ3) is 3.32. The van der Waals surface area contributed by atoms with Crippen molar-refractivity contribution in [3.8, 4) is 0 Å². The molecule has 0 aliphatic carbocycles. The van der Waals surface area contributed by atoms with Gasteiger partial charge in [-0.05, 0) is 36.4 Å². The van der Waals surface area contributed by atoms with Gasteiger partial charge in [0.15, 0.2) is 0 Å². The molecule has 1 amide bonds. The van der Waals surface area contributed by atoms with Gasteiger partial charge in [0.25, 0.3) is 11.6 Å². The van der Waals surface area contributed by atoms with Crippen LogP contribution in [0.2, 0.25) is 0 Å². The van der Waals surface area contributed by atoms with Crippen LogP contribution in [0.25, 0.3) is 0 Å². The molecule has 0 unspecified atom stereocenters. The van der Waals surface area contributed by atoms with Crippen LogP contribution in [0.3, 0.4) is 0 Å². The molecule has 0 saturated heterocycles. The molecule has 0 aromatic heterocycles. The van der Waals surface area contributed by atoms with Crippen molar-refractivity contribution in [1.29, 1.82) is 0 Å². The summed E-state index contributed by atoms with van der Waals surface area (Å²) >= 11 is 4.13. The van der Waals surface area contributed by atoms with E-state index in [4.69, 9.17) is 0 Å². The van der Waals surface area contributed by atoms with Crippen LogP contribution in [0.1, 0.15) is 10.4 Å². The SMILES string of the molecule is O=C(Nc1ccc([N+](=O)[O-])cc1)c1ccc(S)cc1. The number of hydrogen-bond donors (Lipinski definition) is 2. The van der Waals surface area contributed by atoms with Crippen LogP contribution in [-0.4, -0.2) is 10.8 Å². The molecule has 0 saturated carbocycles. The molecule has 0 fully saturated rings. The summed E-state index contributed by atoms with van der Waals surface area (Å²) < 4.78 is 0. The van der Waals surface area contributed by atoms with E-state index in [9.17, 15) is 14.9 Å². The highest BCUT2D eigenvalue weighted by molar-refractivity contribution is 7.80. The van der Waals surface area contributed by atoms with Gasteiger partial charge in [0, 0.05) is 28.3 Å². The number of non-ortho nitro benzene ring substituents is 1. The van der Waals surface area contributed by atoms with E-state index in [1.54, 1.807) is 24.3 Å². The molecule has 2 aromatic carbocycles. The first-order valence-electron chi connectivity index (χ1n) is 5.41. The fraction of sp³-hybridized carbons (Fsp3) is 0. The van der Waals surface area contributed by atoms with E-state index in [-0.39, 0.29) is 11.6 Å². The van der Waals surface area contributed by atoms with Gasteiger partial charge in [-0.1, -0.05) is 0 Å². The van der Waals surface area contributed by atoms with Crippen molar-refractivity contribution < 1.29 is 9.72 Å². The third-order valence-electron chi connectivity index (χ3n) is 2.47. The van der Waals surface area contributed by atoms with Gasteiger partial charge in [-0.25, -0.2) is 0 Å². The molecule has 0 atom stereocenters. The number of amides is 1. The molecule has 5 nitrogen and oxygen atoms in total. The molecule has 2 rings (SSSR count). The predicted octanol–water partition coefficient (Wildman–Crippen LogP) is 3.14. The average molecular weight is 274 g/mol. The van der Waals surface area contributed by atoms with Crippen LogP contribution in [0, 0.1) is 10.1 Å². The summed E-state index contributed by atoms with van der Waals surface area (Å²) in [5, 5.41) is 13.2. The zero-order valence-corrected chi connectivity index (χ0v) is 10.6. The van der Waals surface area contributed by atoms with E-state index < -0.39 is 4.92 Å². The van der Waals surface area contributed by atoms with Crippen molar-refractivity contribution in [1.82, 2.24) is 0 Å². The fourth-order valence-electron chi connectivity index (χ4n) is 1.48. The standard InChI is InChI=1S/C13H10N2O3S/c16-13(9-1-7-12(19)8-2-9)14-10-3-5-11(6-4-10)15(17)18/h1-8,19H,(H,14,16). The molecule has 6 heteroatoms. The molecule has 0 aliphatic rings. The first-order chi connectivity index (χ1) is 9.06. The van der Waals surface area contributed by atoms with Crippen LogP contribution in [0.4, 0.5) is 11.4 Å². The Balaban J connectivity index is 2.10. The second-order valence-corrected chi connectivity index (χ2v) is 4.32. The van der Waals surface area contributed by atoms with Crippen molar-refractivity contribution in [3.05, 3.63) is 64.2 Å². The van der Waals surface area contributed by atoms with Crippen molar-refractivity contribution in [2.45, 2.75) is 4.90 Å². The molecular formula is C13H10N2O3S. The Morgan fingerprint density at radius 1 is 1.05 bits per heavy atom. The summed E-state index contributed by atoms with van der Waals surface area (Å²) in [7, 11) is 0. The Labute approximate surface area is 114 Å². The number of rotatable bonds is 3. The summed E-state index contributed by atoms with van der Waals surface area (Å²) in [5.41, 5.74) is 0.985. The molecule has 0 radical (unpaired) electrons. The number of nitrogens with one attached hydrogen (secondary N) is 1. The minimum absolute atomic E-state index is 0.0163. The number of carbonyl (C=O) groups excluding carboxylic acids is 1. The highest BCUT2D eigenvalue weighted by Crippen LogP contribution is 2.16. The lowest BCUT2D eigenvalue weighted by atomic mass is 10.2. The number of nitro benzene ring substituents is 1. The third-order valence-corrected chi connectivity index (χ3v) is 2.76. The number of thiol groups is 1. The van der Waals surface area contributed by atoms with Crippen molar-refractivity contribution in [2.24, 2.45) is 0 Å². The second-order valence-electron chi connectivity index (χ2n) is 3.80. The zero-order chi connectivity index (χ0) is 13.8. The molecule has 1 N–H and O–H groups in total. The number of carbonyl (C=O) groups is 1. The Bertz CT molecular complexity index is 609. The molecule has 0 heterocycles. The maximum absolute atomic E-state index is 11.9. The summed E-state index contributed by atoms with van der Waals surface area (Å²) in [5.74, 6) is -0.276. The van der Waals surface area contributed by atoms with Gasteiger partial charge in [-0.15, -0.1) is 12.6 Å². The molecule has 19 heavy (non-hydrogen) atoms. The lowest BCUT2D eigenvalue weighted by Crippen LogP contribution is -2.11. The molecule has 0 aliphatic heterocycles. The Hall–Kier alpha value is -2.34. The molecule has 0 bridgehead atoms. The molecular weight excluding hydrogens is 264 g/mol. The summed E-state index contributed by atoms with van der Waals surface area (Å²) in [6.07, 6.45) is 0. The molecule has 96 valence electrons. The van der Waals surface area contributed by atoms with Crippen LogP contribution in [0.15, 0.2) is 53.4 Å². The van der Waals surface area contributed by atoms with E-state index in [2.05, 4.69) is 17.9 Å². The highest BCUT2D eigenvalue weighted by atomic mass is 32.1.